The van der Waals surface area contributed by atoms with Crippen LogP contribution >= 0.6 is 0 Å². The molecule has 2 amide bonds. The van der Waals surface area contributed by atoms with Crippen LogP contribution in [0.4, 0.5) is 0 Å². The molecule has 0 bridgehead atoms. The maximum absolute atomic E-state index is 11.6. The lowest BCUT2D eigenvalue weighted by Gasteiger charge is -2.14. The molecule has 0 aliphatic carbocycles. The van der Waals surface area contributed by atoms with Crippen molar-refractivity contribution in [3.05, 3.63) is 35.9 Å². The van der Waals surface area contributed by atoms with Gasteiger partial charge in [-0.2, -0.15) is 0 Å². The maximum Gasteiger partial charge on any atom is 0.229 e. The van der Waals surface area contributed by atoms with Gasteiger partial charge in [0.1, 0.15) is 0 Å². The Kier molecular flexibility index (Phi) is 4.34. The highest BCUT2D eigenvalue weighted by Gasteiger charge is 2.18. The van der Waals surface area contributed by atoms with Gasteiger partial charge in [0.15, 0.2) is 0 Å². The molecule has 0 heterocycles. The average Bonchev–Trinajstić information content (AvgIpc) is 2.30. The van der Waals surface area contributed by atoms with E-state index in [1.165, 1.54) is 0 Å². The van der Waals surface area contributed by atoms with Crippen molar-refractivity contribution in [1.82, 2.24) is 10.6 Å². The largest absolute Gasteiger partial charge is 0.359 e. The van der Waals surface area contributed by atoms with Gasteiger partial charge in [0.05, 0.1) is 5.92 Å². The zero-order chi connectivity index (χ0) is 11.1. The van der Waals surface area contributed by atoms with Gasteiger partial charge in [-0.3, -0.25) is 9.59 Å². The summed E-state index contributed by atoms with van der Waals surface area (Å²) in [5, 5.41) is 5.10. The summed E-state index contributed by atoms with van der Waals surface area (Å²) in [6.07, 6.45) is 0.596. The van der Waals surface area contributed by atoms with Crippen molar-refractivity contribution in [3.63, 3.8) is 0 Å². The molecule has 0 saturated carbocycles. The van der Waals surface area contributed by atoms with Gasteiger partial charge in [-0.25, -0.2) is 0 Å². The number of amides is 2. The predicted molar refractivity (Wildman–Crippen MR) is 57.3 cm³/mol. The fourth-order valence-electron chi connectivity index (χ4n) is 1.39. The molecular weight excluding hydrogens is 192 g/mol. The molecule has 0 radical (unpaired) electrons. The standard InChI is InChI=1S/C11H14N2O2/c1-12-11(15)10(7-13-8-14)9-5-3-2-4-6-9/h2-6,8,10H,7H2,1H3,(H,12,15)(H,13,14). The van der Waals surface area contributed by atoms with Crippen LogP contribution in [0.3, 0.4) is 0 Å². The van der Waals surface area contributed by atoms with E-state index in [1.54, 1.807) is 7.05 Å². The molecule has 0 fully saturated rings. The monoisotopic (exact) mass is 206 g/mol. The van der Waals surface area contributed by atoms with Crippen LogP contribution < -0.4 is 10.6 Å². The van der Waals surface area contributed by atoms with Crippen molar-refractivity contribution in [2.24, 2.45) is 0 Å². The van der Waals surface area contributed by atoms with Crippen LogP contribution in [-0.2, 0) is 9.59 Å². The zero-order valence-electron chi connectivity index (χ0n) is 8.57. The van der Waals surface area contributed by atoms with Crippen LogP contribution in [0.5, 0.6) is 0 Å². The Morgan fingerprint density at radius 1 is 1.40 bits per heavy atom. The van der Waals surface area contributed by atoms with E-state index in [-0.39, 0.29) is 11.8 Å². The quantitative estimate of drug-likeness (QED) is 0.679. The number of carbonyl (C=O) groups is 2. The minimum Gasteiger partial charge on any atom is -0.359 e. The van der Waals surface area contributed by atoms with Gasteiger partial charge in [0, 0.05) is 13.6 Å². The molecule has 80 valence electrons. The zero-order valence-corrected chi connectivity index (χ0v) is 8.57. The Hall–Kier alpha value is -1.84. The van der Waals surface area contributed by atoms with E-state index in [0.29, 0.717) is 13.0 Å². The van der Waals surface area contributed by atoms with E-state index in [1.807, 2.05) is 30.3 Å². The van der Waals surface area contributed by atoms with Crippen LogP contribution in [0.15, 0.2) is 30.3 Å². The van der Waals surface area contributed by atoms with Gasteiger partial charge in [-0.05, 0) is 5.56 Å². The van der Waals surface area contributed by atoms with Gasteiger partial charge in [0.25, 0.3) is 0 Å². The summed E-state index contributed by atoms with van der Waals surface area (Å²) in [7, 11) is 1.58. The number of carbonyl (C=O) groups excluding carboxylic acids is 2. The molecule has 4 heteroatoms. The summed E-state index contributed by atoms with van der Waals surface area (Å²) < 4.78 is 0. The fraction of sp³-hybridized carbons (Fsp3) is 0.273. The topological polar surface area (TPSA) is 58.2 Å². The normalized spacial score (nSPS) is 11.5. The van der Waals surface area contributed by atoms with Gasteiger partial charge in [-0.1, -0.05) is 30.3 Å². The van der Waals surface area contributed by atoms with Crippen molar-refractivity contribution in [2.45, 2.75) is 5.92 Å². The summed E-state index contributed by atoms with van der Waals surface area (Å²) in [6.45, 7) is 0.313. The second-order valence-corrected chi connectivity index (χ2v) is 3.10. The van der Waals surface area contributed by atoms with Crippen molar-refractivity contribution < 1.29 is 9.59 Å². The first-order valence-electron chi connectivity index (χ1n) is 4.73. The summed E-state index contributed by atoms with van der Waals surface area (Å²) >= 11 is 0. The molecule has 0 aromatic heterocycles. The summed E-state index contributed by atoms with van der Waals surface area (Å²) in [5.74, 6) is -0.433. The number of benzene rings is 1. The summed E-state index contributed by atoms with van der Waals surface area (Å²) in [6, 6.07) is 9.36. The molecule has 1 aromatic rings. The molecule has 1 rings (SSSR count). The summed E-state index contributed by atoms with van der Waals surface area (Å²) in [4.78, 5) is 21.8. The average molecular weight is 206 g/mol. The van der Waals surface area contributed by atoms with Crippen LogP contribution in [0.1, 0.15) is 11.5 Å². The smallest absolute Gasteiger partial charge is 0.229 e. The fourth-order valence-corrected chi connectivity index (χ4v) is 1.39. The molecule has 1 unspecified atom stereocenters. The Labute approximate surface area is 88.7 Å². The molecule has 0 aliphatic heterocycles. The maximum atomic E-state index is 11.6. The third-order valence-electron chi connectivity index (χ3n) is 2.17. The first-order chi connectivity index (χ1) is 7.29. The Morgan fingerprint density at radius 2 is 2.07 bits per heavy atom. The van der Waals surface area contributed by atoms with Crippen molar-refractivity contribution in [3.8, 4) is 0 Å². The number of rotatable bonds is 5. The predicted octanol–water partition coefficient (Wildman–Crippen LogP) is 0.262. The minimum absolute atomic E-state index is 0.101. The Balaban J connectivity index is 2.81. The van der Waals surface area contributed by atoms with E-state index in [4.69, 9.17) is 0 Å². The molecule has 15 heavy (non-hydrogen) atoms. The highest BCUT2D eigenvalue weighted by molar-refractivity contribution is 5.83. The highest BCUT2D eigenvalue weighted by Crippen LogP contribution is 2.14. The molecule has 0 saturated heterocycles. The number of hydrogen-bond donors (Lipinski definition) is 2. The Bertz CT molecular complexity index is 325. The van der Waals surface area contributed by atoms with Gasteiger partial charge in [-0.15, -0.1) is 0 Å². The summed E-state index contributed by atoms with van der Waals surface area (Å²) in [5.41, 5.74) is 0.895. The van der Waals surface area contributed by atoms with Crippen LogP contribution in [-0.4, -0.2) is 25.9 Å². The van der Waals surface area contributed by atoms with E-state index < -0.39 is 0 Å². The third kappa shape index (κ3) is 3.09. The number of hydrogen-bond acceptors (Lipinski definition) is 2. The van der Waals surface area contributed by atoms with Crippen molar-refractivity contribution in [1.29, 1.82) is 0 Å². The van der Waals surface area contributed by atoms with E-state index >= 15 is 0 Å². The second kappa shape index (κ2) is 5.80. The molecule has 4 nitrogen and oxygen atoms in total. The molecule has 2 N–H and O–H groups in total. The number of likely N-dealkylation sites (N-methyl/N-ethyl adjacent to an activating group) is 1. The van der Waals surface area contributed by atoms with Gasteiger partial charge >= 0.3 is 0 Å². The number of nitrogens with one attached hydrogen (secondary N) is 2. The first-order valence-corrected chi connectivity index (χ1v) is 4.73. The minimum atomic E-state index is -0.332. The second-order valence-electron chi connectivity index (χ2n) is 3.10. The van der Waals surface area contributed by atoms with E-state index in [2.05, 4.69) is 10.6 Å². The SMILES string of the molecule is CNC(=O)C(CNC=O)c1ccccc1. The van der Waals surface area contributed by atoms with Crippen LogP contribution in [0, 0.1) is 0 Å². The molecule has 1 atom stereocenters. The lowest BCUT2D eigenvalue weighted by atomic mass is 9.98. The Morgan fingerprint density at radius 3 is 2.60 bits per heavy atom. The lowest BCUT2D eigenvalue weighted by molar-refractivity contribution is -0.122. The van der Waals surface area contributed by atoms with Gasteiger partial charge < -0.3 is 10.6 Å². The molecule has 0 aliphatic rings. The van der Waals surface area contributed by atoms with Crippen LogP contribution in [0.25, 0.3) is 0 Å². The highest BCUT2D eigenvalue weighted by atomic mass is 16.2. The van der Waals surface area contributed by atoms with Gasteiger partial charge in [0.2, 0.25) is 12.3 Å². The van der Waals surface area contributed by atoms with E-state index in [0.717, 1.165) is 5.56 Å². The van der Waals surface area contributed by atoms with E-state index in [9.17, 15) is 9.59 Å². The lowest BCUT2D eigenvalue weighted by Crippen LogP contribution is -2.33. The first kappa shape index (κ1) is 11.2. The molecule has 0 spiro atoms. The molecular formula is C11H14N2O2. The van der Waals surface area contributed by atoms with Crippen molar-refractivity contribution >= 4 is 12.3 Å². The third-order valence-corrected chi connectivity index (χ3v) is 2.17. The molecule has 1 aromatic carbocycles. The van der Waals surface area contributed by atoms with Crippen molar-refractivity contribution in [2.75, 3.05) is 13.6 Å². The van der Waals surface area contributed by atoms with Crippen LogP contribution in [0.2, 0.25) is 0 Å².